The van der Waals surface area contributed by atoms with Crippen LogP contribution in [0.4, 0.5) is 5.69 Å². The van der Waals surface area contributed by atoms with Crippen LogP contribution in [0, 0.1) is 6.92 Å². The van der Waals surface area contributed by atoms with Crippen LogP contribution in [0.5, 0.6) is 5.75 Å². The average Bonchev–Trinajstić information content (AvgIpc) is 3.30. The van der Waals surface area contributed by atoms with Gasteiger partial charge in [-0.2, -0.15) is 0 Å². The molecule has 0 radical (unpaired) electrons. The molecule has 0 unspecified atom stereocenters. The summed E-state index contributed by atoms with van der Waals surface area (Å²) in [7, 11) is 0. The molecule has 0 fully saturated rings. The highest BCUT2D eigenvalue weighted by atomic mass is 32.1. The molecule has 160 valence electrons. The summed E-state index contributed by atoms with van der Waals surface area (Å²) in [5, 5.41) is 5.71. The third-order valence-electron chi connectivity index (χ3n) is 4.39. The molecule has 3 aromatic rings. The van der Waals surface area contributed by atoms with E-state index in [4.69, 9.17) is 4.74 Å². The summed E-state index contributed by atoms with van der Waals surface area (Å²) in [5.41, 5.74) is 4.58. The Morgan fingerprint density at radius 1 is 1.10 bits per heavy atom. The Morgan fingerprint density at radius 2 is 1.87 bits per heavy atom. The SMILES string of the molecule is Cc1ccc(OCCCC(=O)Nc2ccc(CNC(=O)/C=C/c3cncs3)cc2)cc1. The van der Waals surface area contributed by atoms with Gasteiger partial charge >= 0.3 is 0 Å². The van der Waals surface area contributed by atoms with Crippen molar-refractivity contribution in [3.8, 4) is 5.75 Å². The number of ether oxygens (including phenoxy) is 1. The molecule has 0 saturated carbocycles. The minimum Gasteiger partial charge on any atom is -0.494 e. The highest BCUT2D eigenvalue weighted by molar-refractivity contribution is 7.10. The number of carbonyl (C=O) groups excluding carboxylic acids is 2. The number of benzene rings is 2. The zero-order valence-electron chi connectivity index (χ0n) is 17.3. The van der Waals surface area contributed by atoms with Crippen molar-refractivity contribution in [3.05, 3.63) is 82.3 Å². The minimum absolute atomic E-state index is 0.0539. The fourth-order valence-corrected chi connectivity index (χ4v) is 3.21. The Labute approximate surface area is 186 Å². The molecular formula is C24H25N3O3S. The van der Waals surface area contributed by atoms with Gasteiger partial charge in [0.25, 0.3) is 0 Å². The number of nitrogens with zero attached hydrogens (tertiary/aromatic N) is 1. The van der Waals surface area contributed by atoms with Gasteiger partial charge in [0, 0.05) is 35.8 Å². The van der Waals surface area contributed by atoms with Crippen LogP contribution in [0.1, 0.15) is 28.8 Å². The van der Waals surface area contributed by atoms with E-state index in [-0.39, 0.29) is 11.8 Å². The molecule has 6 nitrogen and oxygen atoms in total. The third-order valence-corrected chi connectivity index (χ3v) is 5.13. The van der Waals surface area contributed by atoms with Crippen LogP contribution in [0.3, 0.4) is 0 Å². The Balaban J connectivity index is 1.34. The summed E-state index contributed by atoms with van der Waals surface area (Å²) in [5.74, 6) is 0.591. The van der Waals surface area contributed by atoms with Crippen LogP contribution < -0.4 is 15.4 Å². The van der Waals surface area contributed by atoms with Gasteiger partial charge in [0.15, 0.2) is 0 Å². The quantitative estimate of drug-likeness (QED) is 0.361. The highest BCUT2D eigenvalue weighted by Gasteiger charge is 2.04. The molecule has 0 bridgehead atoms. The van der Waals surface area contributed by atoms with Gasteiger partial charge in [0.05, 0.1) is 12.1 Å². The molecule has 0 saturated heterocycles. The maximum atomic E-state index is 12.1. The first-order chi connectivity index (χ1) is 15.1. The Morgan fingerprint density at radius 3 is 2.58 bits per heavy atom. The van der Waals surface area contributed by atoms with Crippen molar-refractivity contribution < 1.29 is 14.3 Å². The molecule has 0 atom stereocenters. The number of rotatable bonds is 10. The molecule has 31 heavy (non-hydrogen) atoms. The van der Waals surface area contributed by atoms with E-state index in [9.17, 15) is 9.59 Å². The summed E-state index contributed by atoms with van der Waals surface area (Å²) in [6.45, 7) is 2.93. The molecule has 2 aromatic carbocycles. The van der Waals surface area contributed by atoms with Crippen molar-refractivity contribution >= 4 is 34.9 Å². The van der Waals surface area contributed by atoms with Gasteiger partial charge in [0.1, 0.15) is 5.75 Å². The summed E-state index contributed by atoms with van der Waals surface area (Å²) < 4.78 is 5.64. The van der Waals surface area contributed by atoms with Crippen molar-refractivity contribution in [3.63, 3.8) is 0 Å². The van der Waals surface area contributed by atoms with Gasteiger partial charge in [-0.3, -0.25) is 14.6 Å². The maximum absolute atomic E-state index is 12.1. The summed E-state index contributed by atoms with van der Waals surface area (Å²) in [6, 6.07) is 15.3. The van der Waals surface area contributed by atoms with E-state index in [1.54, 1.807) is 17.8 Å². The van der Waals surface area contributed by atoms with E-state index in [1.807, 2.05) is 55.5 Å². The number of amides is 2. The third kappa shape index (κ3) is 8.06. The summed E-state index contributed by atoms with van der Waals surface area (Å²) in [4.78, 5) is 28.9. The number of hydrogen-bond donors (Lipinski definition) is 2. The van der Waals surface area contributed by atoms with Crippen molar-refractivity contribution in [2.45, 2.75) is 26.3 Å². The summed E-state index contributed by atoms with van der Waals surface area (Å²) in [6.07, 6.45) is 5.95. The Bertz CT molecular complexity index is 998. The molecule has 3 rings (SSSR count). The van der Waals surface area contributed by atoms with Gasteiger partial charge in [-0.15, -0.1) is 11.3 Å². The van der Waals surface area contributed by atoms with Crippen LogP contribution in [0.25, 0.3) is 6.08 Å². The van der Waals surface area contributed by atoms with Gasteiger partial charge in [-0.05, 0) is 49.2 Å². The molecule has 1 aromatic heterocycles. The van der Waals surface area contributed by atoms with Crippen molar-refractivity contribution in [1.82, 2.24) is 10.3 Å². The smallest absolute Gasteiger partial charge is 0.244 e. The number of thiazole rings is 1. The topological polar surface area (TPSA) is 80.3 Å². The highest BCUT2D eigenvalue weighted by Crippen LogP contribution is 2.13. The first kappa shape index (κ1) is 22.2. The molecule has 0 spiro atoms. The van der Waals surface area contributed by atoms with Crippen LogP contribution in [0.2, 0.25) is 0 Å². The van der Waals surface area contributed by atoms with Crippen LogP contribution in [-0.4, -0.2) is 23.4 Å². The van der Waals surface area contributed by atoms with E-state index >= 15 is 0 Å². The molecule has 7 heteroatoms. The van der Waals surface area contributed by atoms with Gasteiger partial charge in [0.2, 0.25) is 11.8 Å². The predicted molar refractivity (Wildman–Crippen MR) is 124 cm³/mol. The standard InChI is InChI=1S/C24H25N3O3S/c1-18-4-10-21(11-5-18)30-14-2-3-24(29)27-20-8-6-19(7-9-20)15-26-23(28)13-12-22-16-25-17-31-22/h4-13,16-17H,2-3,14-15H2,1H3,(H,26,28)(H,27,29)/b13-12+. The molecule has 2 amide bonds. The number of aryl methyl sites for hydroxylation is 1. The lowest BCUT2D eigenvalue weighted by Crippen LogP contribution is -2.20. The van der Waals surface area contributed by atoms with Gasteiger partial charge in [-0.1, -0.05) is 29.8 Å². The van der Waals surface area contributed by atoms with Gasteiger partial charge in [-0.25, -0.2) is 0 Å². The molecule has 1 heterocycles. The van der Waals surface area contributed by atoms with Crippen molar-refractivity contribution in [1.29, 1.82) is 0 Å². The Kier molecular flexibility index (Phi) is 8.37. The zero-order valence-corrected chi connectivity index (χ0v) is 18.2. The predicted octanol–water partition coefficient (Wildman–Crippen LogP) is 4.58. The normalized spacial score (nSPS) is 10.7. The monoisotopic (exact) mass is 435 g/mol. The average molecular weight is 436 g/mol. The number of anilines is 1. The molecule has 0 aliphatic heterocycles. The van der Waals surface area contributed by atoms with Crippen molar-refractivity contribution in [2.24, 2.45) is 0 Å². The largest absolute Gasteiger partial charge is 0.494 e. The molecule has 0 aliphatic carbocycles. The fourth-order valence-electron chi connectivity index (χ4n) is 2.70. The van der Waals surface area contributed by atoms with Gasteiger partial charge < -0.3 is 15.4 Å². The lowest BCUT2D eigenvalue weighted by molar-refractivity contribution is -0.117. The second-order valence-corrected chi connectivity index (χ2v) is 7.88. The molecule has 2 N–H and O–H groups in total. The van der Waals surface area contributed by atoms with E-state index in [0.717, 1.165) is 21.9 Å². The van der Waals surface area contributed by atoms with E-state index in [0.29, 0.717) is 26.0 Å². The lowest BCUT2D eigenvalue weighted by Gasteiger charge is -2.08. The van der Waals surface area contributed by atoms with E-state index < -0.39 is 0 Å². The van der Waals surface area contributed by atoms with Crippen LogP contribution >= 0.6 is 11.3 Å². The second-order valence-electron chi connectivity index (χ2n) is 6.97. The van der Waals surface area contributed by atoms with E-state index in [2.05, 4.69) is 15.6 Å². The van der Waals surface area contributed by atoms with E-state index in [1.165, 1.54) is 23.0 Å². The minimum atomic E-state index is -0.168. The molecular weight excluding hydrogens is 410 g/mol. The number of nitrogens with one attached hydrogen (secondary N) is 2. The maximum Gasteiger partial charge on any atom is 0.244 e. The fraction of sp³-hybridized carbons (Fsp3) is 0.208. The first-order valence-electron chi connectivity index (χ1n) is 10.0. The summed E-state index contributed by atoms with van der Waals surface area (Å²) >= 11 is 1.47. The zero-order chi connectivity index (χ0) is 21.9. The Hall–Kier alpha value is -3.45. The molecule has 0 aliphatic rings. The number of hydrogen-bond acceptors (Lipinski definition) is 5. The van der Waals surface area contributed by atoms with Crippen LogP contribution in [-0.2, 0) is 16.1 Å². The first-order valence-corrected chi connectivity index (χ1v) is 10.9. The van der Waals surface area contributed by atoms with Crippen LogP contribution in [0.15, 0.2) is 66.3 Å². The second kappa shape index (κ2) is 11.7. The number of aromatic nitrogens is 1. The number of carbonyl (C=O) groups is 2. The lowest BCUT2D eigenvalue weighted by atomic mass is 10.2. The van der Waals surface area contributed by atoms with Crippen molar-refractivity contribution in [2.75, 3.05) is 11.9 Å².